The summed E-state index contributed by atoms with van der Waals surface area (Å²) in [4.78, 5) is 12.3. The Morgan fingerprint density at radius 2 is 2.05 bits per heavy atom. The molecule has 21 heavy (non-hydrogen) atoms. The van der Waals surface area contributed by atoms with E-state index in [1.165, 1.54) is 32.1 Å². The maximum Gasteiger partial charge on any atom is 0.148 e. The van der Waals surface area contributed by atoms with Crippen molar-refractivity contribution in [2.24, 2.45) is 0 Å². The molecule has 3 nitrogen and oxygen atoms in total. The van der Waals surface area contributed by atoms with Gasteiger partial charge < -0.3 is 0 Å². The fourth-order valence-electron chi connectivity index (χ4n) is 2.87. The number of hydrogen-bond acceptors (Lipinski definition) is 3. The Hall–Kier alpha value is -0.480. The van der Waals surface area contributed by atoms with Crippen LogP contribution < -0.4 is 0 Å². The lowest BCUT2D eigenvalue weighted by molar-refractivity contribution is -0.116. The van der Waals surface area contributed by atoms with E-state index in [2.05, 4.69) is 5.10 Å². The first-order valence-electron chi connectivity index (χ1n) is 8.03. The monoisotopic (exact) mass is 328 g/mol. The van der Waals surface area contributed by atoms with Crippen molar-refractivity contribution in [1.82, 2.24) is 9.78 Å². The van der Waals surface area contributed by atoms with Gasteiger partial charge in [0.25, 0.3) is 0 Å². The van der Waals surface area contributed by atoms with Crippen molar-refractivity contribution in [3.05, 3.63) is 16.4 Å². The van der Waals surface area contributed by atoms with E-state index in [-0.39, 0.29) is 5.78 Å². The normalized spacial score (nSPS) is 16.3. The summed E-state index contributed by atoms with van der Waals surface area (Å²) >= 11 is 8.19. The molecular weight excluding hydrogens is 304 g/mol. The molecule has 0 aromatic carbocycles. The second-order valence-corrected chi connectivity index (χ2v) is 7.33. The summed E-state index contributed by atoms with van der Waals surface area (Å²) in [5.41, 5.74) is 1.80. The number of aromatic nitrogens is 2. The Morgan fingerprint density at radius 3 is 2.67 bits per heavy atom. The second kappa shape index (κ2) is 8.23. The molecular formula is C16H25ClN2OS. The van der Waals surface area contributed by atoms with Crippen molar-refractivity contribution < 1.29 is 4.79 Å². The van der Waals surface area contributed by atoms with Crippen LogP contribution in [0.5, 0.6) is 0 Å². The van der Waals surface area contributed by atoms with Gasteiger partial charge in [0.2, 0.25) is 0 Å². The van der Waals surface area contributed by atoms with E-state index in [0.717, 1.165) is 24.4 Å². The van der Waals surface area contributed by atoms with Gasteiger partial charge in [-0.05, 0) is 26.2 Å². The van der Waals surface area contributed by atoms with Crippen LogP contribution in [-0.2, 0) is 24.2 Å². The lowest BCUT2D eigenvalue weighted by Gasteiger charge is -2.20. The van der Waals surface area contributed by atoms with Crippen LogP contribution in [0.3, 0.4) is 0 Å². The Balaban J connectivity index is 1.91. The Morgan fingerprint density at radius 1 is 1.33 bits per heavy atom. The Kier molecular flexibility index (Phi) is 6.62. The van der Waals surface area contributed by atoms with Crippen LogP contribution in [-0.4, -0.2) is 26.6 Å². The zero-order valence-corrected chi connectivity index (χ0v) is 14.6. The smallest absolute Gasteiger partial charge is 0.148 e. The summed E-state index contributed by atoms with van der Waals surface area (Å²) < 4.78 is 1.88. The highest BCUT2D eigenvalue weighted by atomic mass is 35.5. The quantitative estimate of drug-likeness (QED) is 0.748. The van der Waals surface area contributed by atoms with Gasteiger partial charge in [0, 0.05) is 11.8 Å². The molecule has 1 saturated carbocycles. The summed E-state index contributed by atoms with van der Waals surface area (Å²) in [6.07, 6.45) is 7.76. The minimum atomic E-state index is 0.268. The highest BCUT2D eigenvalue weighted by molar-refractivity contribution is 8.00. The predicted octanol–water partition coefficient (Wildman–Crippen LogP) is 4.30. The minimum absolute atomic E-state index is 0.268. The number of thioether (sulfide) groups is 1. The maximum atomic E-state index is 12.3. The topological polar surface area (TPSA) is 34.9 Å². The SMILES string of the molecule is CCc1nn(CC)c(CC(=O)CSC2CCCCC2)c1Cl. The molecule has 1 aromatic heterocycles. The van der Waals surface area contributed by atoms with E-state index >= 15 is 0 Å². The van der Waals surface area contributed by atoms with Gasteiger partial charge in [0.15, 0.2) is 0 Å². The van der Waals surface area contributed by atoms with Gasteiger partial charge in [-0.1, -0.05) is 37.8 Å². The lowest BCUT2D eigenvalue weighted by atomic mass is 10.0. The van der Waals surface area contributed by atoms with Crippen molar-refractivity contribution in [2.75, 3.05) is 5.75 Å². The van der Waals surface area contributed by atoms with E-state index in [9.17, 15) is 4.79 Å². The van der Waals surface area contributed by atoms with E-state index in [0.29, 0.717) is 22.4 Å². The van der Waals surface area contributed by atoms with Crippen molar-refractivity contribution in [3.8, 4) is 0 Å². The molecule has 1 aliphatic rings. The molecule has 1 heterocycles. The van der Waals surface area contributed by atoms with Crippen LogP contribution in [0.4, 0.5) is 0 Å². The fraction of sp³-hybridized carbons (Fsp3) is 0.750. The average molecular weight is 329 g/mol. The number of rotatable bonds is 7. The van der Waals surface area contributed by atoms with Gasteiger partial charge in [0.1, 0.15) is 5.78 Å². The highest BCUT2D eigenvalue weighted by Gasteiger charge is 2.19. The molecule has 2 rings (SSSR count). The number of halogens is 1. The molecule has 0 saturated heterocycles. The van der Waals surface area contributed by atoms with Crippen molar-refractivity contribution in [3.63, 3.8) is 0 Å². The number of aryl methyl sites for hydroxylation is 2. The first-order valence-corrected chi connectivity index (χ1v) is 9.45. The summed E-state index contributed by atoms with van der Waals surface area (Å²) in [6.45, 7) is 4.84. The van der Waals surface area contributed by atoms with Crippen molar-refractivity contribution in [1.29, 1.82) is 0 Å². The van der Waals surface area contributed by atoms with Gasteiger partial charge in [-0.3, -0.25) is 9.48 Å². The highest BCUT2D eigenvalue weighted by Crippen LogP contribution is 2.29. The first kappa shape index (κ1) is 16.9. The van der Waals surface area contributed by atoms with Crippen LogP contribution in [0.2, 0.25) is 5.02 Å². The van der Waals surface area contributed by atoms with Gasteiger partial charge in [0.05, 0.1) is 28.6 Å². The van der Waals surface area contributed by atoms with Crippen LogP contribution in [0.15, 0.2) is 0 Å². The van der Waals surface area contributed by atoms with Gasteiger partial charge in [-0.25, -0.2) is 0 Å². The number of ketones is 1. The molecule has 118 valence electrons. The summed E-state index contributed by atoms with van der Waals surface area (Å²) in [6, 6.07) is 0. The molecule has 0 amide bonds. The molecule has 1 aliphatic carbocycles. The van der Waals surface area contributed by atoms with Crippen LogP contribution in [0.25, 0.3) is 0 Å². The lowest BCUT2D eigenvalue weighted by Crippen LogP contribution is -2.15. The molecule has 0 radical (unpaired) electrons. The zero-order valence-electron chi connectivity index (χ0n) is 13.0. The molecule has 0 spiro atoms. The van der Waals surface area contributed by atoms with Crippen molar-refractivity contribution >= 4 is 29.1 Å². The minimum Gasteiger partial charge on any atom is -0.298 e. The van der Waals surface area contributed by atoms with E-state index in [1.807, 2.05) is 30.3 Å². The van der Waals surface area contributed by atoms with Gasteiger partial charge in [-0.2, -0.15) is 16.9 Å². The van der Waals surface area contributed by atoms with Crippen LogP contribution in [0, 0.1) is 0 Å². The largest absolute Gasteiger partial charge is 0.298 e. The summed E-state index contributed by atoms with van der Waals surface area (Å²) in [5, 5.41) is 5.85. The predicted molar refractivity (Wildman–Crippen MR) is 90.3 cm³/mol. The summed E-state index contributed by atoms with van der Waals surface area (Å²) in [5.74, 6) is 0.877. The van der Waals surface area contributed by atoms with E-state index < -0.39 is 0 Å². The van der Waals surface area contributed by atoms with Crippen molar-refractivity contribution in [2.45, 2.75) is 70.6 Å². The number of nitrogens with zero attached hydrogens (tertiary/aromatic N) is 2. The van der Waals surface area contributed by atoms with Crippen LogP contribution in [0.1, 0.15) is 57.3 Å². The Labute approximate surface area is 136 Å². The van der Waals surface area contributed by atoms with E-state index in [4.69, 9.17) is 11.6 Å². The van der Waals surface area contributed by atoms with Gasteiger partial charge >= 0.3 is 0 Å². The average Bonchev–Trinajstić information content (AvgIpc) is 2.82. The third-order valence-corrected chi connectivity index (χ3v) is 5.96. The molecule has 0 atom stereocenters. The van der Waals surface area contributed by atoms with E-state index in [1.54, 1.807) is 0 Å². The molecule has 1 aromatic rings. The first-order chi connectivity index (χ1) is 10.2. The number of carbonyl (C=O) groups excluding carboxylic acids is 1. The Bertz CT molecular complexity index is 481. The fourth-order valence-corrected chi connectivity index (χ4v) is 4.39. The maximum absolute atomic E-state index is 12.3. The number of Topliss-reactive ketones (excluding diaryl/α,β-unsaturated/α-hetero) is 1. The number of carbonyl (C=O) groups is 1. The molecule has 5 heteroatoms. The molecule has 0 N–H and O–H groups in total. The molecule has 1 fully saturated rings. The standard InChI is InChI=1S/C16H25ClN2OS/c1-3-14-16(17)15(19(4-2)18-14)10-12(20)11-21-13-8-6-5-7-9-13/h13H,3-11H2,1-2H3. The number of hydrogen-bond donors (Lipinski definition) is 0. The van der Waals surface area contributed by atoms with Gasteiger partial charge in [-0.15, -0.1) is 0 Å². The summed E-state index contributed by atoms with van der Waals surface area (Å²) in [7, 11) is 0. The second-order valence-electron chi connectivity index (χ2n) is 5.66. The zero-order chi connectivity index (χ0) is 15.2. The third kappa shape index (κ3) is 4.49. The molecule has 0 bridgehead atoms. The molecule has 0 unspecified atom stereocenters. The third-order valence-electron chi connectivity index (χ3n) is 4.09. The van der Waals surface area contributed by atoms with Crippen LogP contribution >= 0.6 is 23.4 Å². The molecule has 0 aliphatic heterocycles.